The Balaban J connectivity index is 1.46. The normalized spacial score (nSPS) is 10.9. The minimum atomic E-state index is -0.526. The summed E-state index contributed by atoms with van der Waals surface area (Å²) in [5, 5.41) is 8.43. The second kappa shape index (κ2) is 15.1. The molecule has 4 aromatic carbocycles. The quantitative estimate of drug-likeness (QED) is 0.0949. The molecule has 0 aliphatic rings. The molecule has 8 nitrogen and oxygen atoms in total. The number of hydrogen-bond donors (Lipinski definition) is 3. The summed E-state index contributed by atoms with van der Waals surface area (Å²) in [6.45, 7) is 0. The van der Waals surface area contributed by atoms with Gasteiger partial charge >= 0.3 is 0 Å². The van der Waals surface area contributed by atoms with Gasteiger partial charge in [-0.05, 0) is 108 Å². The molecule has 0 fully saturated rings. The van der Waals surface area contributed by atoms with E-state index in [1.807, 2.05) is 36.4 Å². The van der Waals surface area contributed by atoms with E-state index < -0.39 is 11.8 Å². The number of nitrogens with one attached hydrogen (secondary N) is 3. The fourth-order valence-corrected chi connectivity index (χ4v) is 4.82. The minimum Gasteiger partial charge on any atom is -0.497 e. The first-order valence-corrected chi connectivity index (χ1v) is 14.8. The van der Waals surface area contributed by atoms with Crippen LogP contribution in [-0.4, -0.2) is 37.7 Å². The standard InChI is InChI=1S/C32H28IN3O5S/c1-40-26-14-17-29(41-2)22(18-26)19-28(36-31(38)21-6-4-3-5-7-21)32(39)35-25-12-15-27(16-13-25)42-20-30(37)34-24-10-8-23(33)9-11-24/h3-19H,20H2,1-2H3,(H,34,37)(H,35,39)(H,36,38)/b28-19-. The average molecular weight is 694 g/mol. The maximum atomic E-state index is 13.4. The number of methoxy groups -OCH3 is 2. The molecule has 0 aliphatic carbocycles. The second-order valence-corrected chi connectivity index (χ2v) is 11.1. The summed E-state index contributed by atoms with van der Waals surface area (Å²) in [6.07, 6.45) is 1.54. The van der Waals surface area contributed by atoms with Crippen LogP contribution in [-0.2, 0) is 9.59 Å². The number of thioether (sulfide) groups is 1. The Labute approximate surface area is 262 Å². The highest BCUT2D eigenvalue weighted by Crippen LogP contribution is 2.27. The van der Waals surface area contributed by atoms with Crippen molar-refractivity contribution in [2.75, 3.05) is 30.6 Å². The van der Waals surface area contributed by atoms with Gasteiger partial charge in [0.1, 0.15) is 17.2 Å². The first-order chi connectivity index (χ1) is 20.3. The summed E-state index contributed by atoms with van der Waals surface area (Å²) in [6, 6.07) is 28.5. The molecule has 0 saturated heterocycles. The molecule has 4 rings (SSSR count). The molecular formula is C32H28IN3O5S. The molecule has 0 spiro atoms. The third-order valence-electron chi connectivity index (χ3n) is 5.88. The van der Waals surface area contributed by atoms with Crippen LogP contribution in [0.25, 0.3) is 6.08 Å². The third-order valence-corrected chi connectivity index (χ3v) is 7.61. The molecule has 3 N–H and O–H groups in total. The topological polar surface area (TPSA) is 106 Å². The maximum absolute atomic E-state index is 13.4. The van der Waals surface area contributed by atoms with Crippen LogP contribution >= 0.6 is 34.4 Å². The van der Waals surface area contributed by atoms with E-state index in [1.165, 1.54) is 32.1 Å². The maximum Gasteiger partial charge on any atom is 0.272 e. The van der Waals surface area contributed by atoms with Gasteiger partial charge in [-0.2, -0.15) is 0 Å². The van der Waals surface area contributed by atoms with Crippen LogP contribution < -0.4 is 25.4 Å². The van der Waals surface area contributed by atoms with E-state index in [-0.39, 0.29) is 17.4 Å². The third kappa shape index (κ3) is 8.85. The number of ether oxygens (including phenoxy) is 2. The summed E-state index contributed by atoms with van der Waals surface area (Å²) in [4.78, 5) is 39.6. The summed E-state index contributed by atoms with van der Waals surface area (Å²) in [5.41, 5.74) is 2.23. The predicted molar refractivity (Wildman–Crippen MR) is 175 cm³/mol. The fraction of sp³-hybridized carbons (Fsp3) is 0.0938. The molecule has 214 valence electrons. The Kier molecular flexibility index (Phi) is 11.0. The lowest BCUT2D eigenvalue weighted by Gasteiger charge is -2.13. The number of benzene rings is 4. The predicted octanol–water partition coefficient (Wildman–Crippen LogP) is 6.45. The lowest BCUT2D eigenvalue weighted by atomic mass is 10.1. The summed E-state index contributed by atoms with van der Waals surface area (Å²) >= 11 is 3.59. The smallest absolute Gasteiger partial charge is 0.272 e. The van der Waals surface area contributed by atoms with Crippen LogP contribution in [0.3, 0.4) is 0 Å². The summed E-state index contributed by atoms with van der Waals surface area (Å²) in [5.74, 6) is 0.225. The van der Waals surface area contributed by atoms with E-state index >= 15 is 0 Å². The number of carbonyl (C=O) groups excluding carboxylic acids is 3. The van der Waals surface area contributed by atoms with Gasteiger partial charge in [0.2, 0.25) is 5.91 Å². The molecule has 0 radical (unpaired) electrons. The van der Waals surface area contributed by atoms with Crippen molar-refractivity contribution in [1.82, 2.24) is 5.32 Å². The molecule has 10 heteroatoms. The zero-order chi connectivity index (χ0) is 29.9. The second-order valence-electron chi connectivity index (χ2n) is 8.81. The van der Waals surface area contributed by atoms with E-state index in [9.17, 15) is 14.4 Å². The molecule has 4 aromatic rings. The minimum absolute atomic E-state index is 0.0149. The number of carbonyl (C=O) groups is 3. The lowest BCUT2D eigenvalue weighted by Crippen LogP contribution is -2.30. The van der Waals surface area contributed by atoms with E-state index in [0.29, 0.717) is 28.3 Å². The van der Waals surface area contributed by atoms with Crippen molar-refractivity contribution in [2.45, 2.75) is 4.90 Å². The molecule has 0 aliphatic heterocycles. The van der Waals surface area contributed by atoms with E-state index in [0.717, 1.165) is 14.2 Å². The van der Waals surface area contributed by atoms with Gasteiger partial charge in [0.15, 0.2) is 0 Å². The Bertz CT molecular complexity index is 1580. The van der Waals surface area contributed by atoms with Gasteiger partial charge < -0.3 is 25.4 Å². The van der Waals surface area contributed by atoms with Gasteiger partial charge in [0.05, 0.1) is 20.0 Å². The van der Waals surface area contributed by atoms with Gasteiger partial charge in [0.25, 0.3) is 11.8 Å². The number of halogens is 1. The largest absolute Gasteiger partial charge is 0.497 e. The molecular weight excluding hydrogens is 665 g/mol. The van der Waals surface area contributed by atoms with Crippen LogP contribution in [0.15, 0.2) is 108 Å². The highest BCUT2D eigenvalue weighted by Gasteiger charge is 2.17. The number of hydrogen-bond acceptors (Lipinski definition) is 6. The molecule has 0 atom stereocenters. The Morgan fingerprint density at radius 2 is 1.48 bits per heavy atom. The van der Waals surface area contributed by atoms with Crippen LogP contribution in [0.5, 0.6) is 11.5 Å². The van der Waals surface area contributed by atoms with Crippen molar-refractivity contribution in [3.8, 4) is 11.5 Å². The van der Waals surface area contributed by atoms with E-state index in [1.54, 1.807) is 60.7 Å². The Morgan fingerprint density at radius 1 is 0.810 bits per heavy atom. The molecule has 3 amide bonds. The van der Waals surface area contributed by atoms with Crippen LogP contribution in [0.4, 0.5) is 11.4 Å². The van der Waals surface area contributed by atoms with Crippen molar-refractivity contribution in [3.05, 3.63) is 117 Å². The lowest BCUT2D eigenvalue weighted by molar-refractivity contribution is -0.114. The number of rotatable bonds is 11. The van der Waals surface area contributed by atoms with Crippen molar-refractivity contribution in [3.63, 3.8) is 0 Å². The monoisotopic (exact) mass is 693 g/mol. The molecule has 42 heavy (non-hydrogen) atoms. The van der Waals surface area contributed by atoms with Crippen LogP contribution in [0.2, 0.25) is 0 Å². The molecule has 0 bridgehead atoms. The van der Waals surface area contributed by atoms with Crippen molar-refractivity contribution in [1.29, 1.82) is 0 Å². The van der Waals surface area contributed by atoms with Gasteiger partial charge in [-0.3, -0.25) is 14.4 Å². The van der Waals surface area contributed by atoms with E-state index in [4.69, 9.17) is 9.47 Å². The van der Waals surface area contributed by atoms with Crippen LogP contribution in [0, 0.1) is 3.57 Å². The highest BCUT2D eigenvalue weighted by molar-refractivity contribution is 14.1. The van der Waals surface area contributed by atoms with Gasteiger partial charge in [-0.1, -0.05) is 18.2 Å². The number of anilines is 2. The fourth-order valence-electron chi connectivity index (χ4n) is 3.76. The SMILES string of the molecule is COc1ccc(OC)c(/C=C(\NC(=O)c2ccccc2)C(=O)Nc2ccc(SCC(=O)Nc3ccc(I)cc3)cc2)c1. The number of amides is 3. The molecule has 0 unspecified atom stereocenters. The average Bonchev–Trinajstić information content (AvgIpc) is 3.01. The van der Waals surface area contributed by atoms with Gasteiger partial charge in [-0.15, -0.1) is 11.8 Å². The first-order valence-electron chi connectivity index (χ1n) is 12.7. The first kappa shape index (κ1) is 30.7. The highest BCUT2D eigenvalue weighted by atomic mass is 127. The van der Waals surface area contributed by atoms with Gasteiger partial charge in [0, 0.05) is 31.0 Å². The van der Waals surface area contributed by atoms with E-state index in [2.05, 4.69) is 38.5 Å². The zero-order valence-corrected chi connectivity index (χ0v) is 25.8. The Morgan fingerprint density at radius 3 is 2.14 bits per heavy atom. The molecule has 0 heterocycles. The summed E-state index contributed by atoms with van der Waals surface area (Å²) < 4.78 is 11.9. The molecule has 0 saturated carbocycles. The van der Waals surface area contributed by atoms with Gasteiger partial charge in [-0.25, -0.2) is 0 Å². The molecule has 0 aromatic heterocycles. The van der Waals surface area contributed by atoms with Crippen LogP contribution in [0.1, 0.15) is 15.9 Å². The van der Waals surface area contributed by atoms with Crippen molar-refractivity contribution >= 4 is 69.5 Å². The zero-order valence-electron chi connectivity index (χ0n) is 22.8. The van der Waals surface area contributed by atoms with Crippen molar-refractivity contribution in [2.24, 2.45) is 0 Å². The Hall–Kier alpha value is -4.29. The van der Waals surface area contributed by atoms with Crippen molar-refractivity contribution < 1.29 is 23.9 Å². The summed E-state index contributed by atoms with van der Waals surface area (Å²) in [7, 11) is 3.06.